The molecule has 0 aromatic rings. The maximum absolute atomic E-state index is 11.6. The van der Waals surface area contributed by atoms with Gasteiger partial charge in [0.25, 0.3) is 0 Å². The SMILES string of the molecule is CC(C)(CO)CN1C(=O)C2CC2C1=O. The van der Waals surface area contributed by atoms with E-state index in [4.69, 9.17) is 5.11 Å². The lowest BCUT2D eigenvalue weighted by Gasteiger charge is -2.27. The summed E-state index contributed by atoms with van der Waals surface area (Å²) in [4.78, 5) is 24.5. The molecule has 1 saturated heterocycles. The van der Waals surface area contributed by atoms with Crippen LogP contribution in [-0.2, 0) is 9.59 Å². The highest BCUT2D eigenvalue weighted by Gasteiger charge is 2.59. The molecule has 4 nitrogen and oxygen atoms in total. The fourth-order valence-electron chi connectivity index (χ4n) is 1.88. The summed E-state index contributed by atoms with van der Waals surface area (Å²) in [5.74, 6) is -0.142. The van der Waals surface area contributed by atoms with Crippen molar-refractivity contribution >= 4 is 11.8 Å². The predicted octanol–water partition coefficient (Wildman–Crippen LogP) is 0.00980. The number of nitrogens with zero attached hydrogens (tertiary/aromatic N) is 1. The van der Waals surface area contributed by atoms with Crippen LogP contribution in [0.25, 0.3) is 0 Å². The average Bonchev–Trinajstić information content (AvgIpc) is 2.87. The van der Waals surface area contributed by atoms with Crippen LogP contribution in [0.3, 0.4) is 0 Å². The molecule has 0 aromatic carbocycles. The van der Waals surface area contributed by atoms with E-state index >= 15 is 0 Å². The van der Waals surface area contributed by atoms with Crippen LogP contribution in [0.1, 0.15) is 20.3 Å². The van der Waals surface area contributed by atoms with Gasteiger partial charge >= 0.3 is 0 Å². The molecule has 0 spiro atoms. The van der Waals surface area contributed by atoms with Gasteiger partial charge in [0.05, 0.1) is 11.8 Å². The minimum atomic E-state index is -0.387. The van der Waals surface area contributed by atoms with Gasteiger partial charge in [-0.05, 0) is 6.42 Å². The summed E-state index contributed by atoms with van der Waals surface area (Å²) in [5, 5.41) is 9.05. The lowest BCUT2D eigenvalue weighted by atomic mass is 9.94. The smallest absolute Gasteiger partial charge is 0.233 e. The number of likely N-dealkylation sites (tertiary alicyclic amines) is 1. The minimum absolute atomic E-state index is 0.0145. The highest BCUT2D eigenvalue weighted by Crippen LogP contribution is 2.47. The van der Waals surface area contributed by atoms with Gasteiger partial charge in [-0.25, -0.2) is 0 Å². The third-order valence-electron chi connectivity index (χ3n) is 2.97. The number of imide groups is 1. The molecule has 0 aromatic heterocycles. The quantitative estimate of drug-likeness (QED) is 0.648. The maximum atomic E-state index is 11.6. The number of fused-ring (bicyclic) bond motifs is 1. The predicted molar refractivity (Wildman–Crippen MR) is 49.2 cm³/mol. The van der Waals surface area contributed by atoms with Crippen molar-refractivity contribution < 1.29 is 14.7 Å². The van der Waals surface area contributed by atoms with Crippen LogP contribution in [0.5, 0.6) is 0 Å². The summed E-state index contributed by atoms with van der Waals surface area (Å²) in [6.07, 6.45) is 0.744. The van der Waals surface area contributed by atoms with E-state index in [2.05, 4.69) is 0 Å². The van der Waals surface area contributed by atoms with E-state index < -0.39 is 0 Å². The van der Waals surface area contributed by atoms with Crippen LogP contribution >= 0.6 is 0 Å². The van der Waals surface area contributed by atoms with Gasteiger partial charge in [-0.1, -0.05) is 13.8 Å². The van der Waals surface area contributed by atoms with Gasteiger partial charge in [-0.2, -0.15) is 0 Å². The standard InChI is InChI=1S/C10H15NO3/c1-10(2,5-12)4-11-8(13)6-3-7(6)9(11)14/h6-7,12H,3-5H2,1-2H3. The summed E-state index contributed by atoms with van der Waals surface area (Å²) < 4.78 is 0. The third kappa shape index (κ3) is 1.34. The molecule has 4 heteroatoms. The second kappa shape index (κ2) is 2.79. The molecule has 0 bridgehead atoms. The van der Waals surface area contributed by atoms with E-state index in [9.17, 15) is 9.59 Å². The van der Waals surface area contributed by atoms with E-state index in [0.717, 1.165) is 6.42 Å². The van der Waals surface area contributed by atoms with Gasteiger partial charge < -0.3 is 5.11 Å². The molecule has 1 saturated carbocycles. The van der Waals surface area contributed by atoms with Crippen molar-refractivity contribution in [1.82, 2.24) is 4.90 Å². The number of piperidine rings is 1. The molecule has 2 rings (SSSR count). The lowest BCUT2D eigenvalue weighted by molar-refractivity contribution is -0.143. The fourth-order valence-corrected chi connectivity index (χ4v) is 1.88. The normalized spacial score (nSPS) is 30.9. The molecule has 2 unspecified atom stereocenters. The summed E-state index contributed by atoms with van der Waals surface area (Å²) in [7, 11) is 0. The van der Waals surface area contributed by atoms with Gasteiger partial charge in [-0.15, -0.1) is 0 Å². The van der Waals surface area contributed by atoms with Crippen LogP contribution in [0.2, 0.25) is 0 Å². The van der Waals surface area contributed by atoms with Crippen molar-refractivity contribution in [1.29, 1.82) is 0 Å². The van der Waals surface area contributed by atoms with E-state index in [-0.39, 0.29) is 35.7 Å². The third-order valence-corrected chi connectivity index (χ3v) is 2.97. The average molecular weight is 197 g/mol. The van der Waals surface area contributed by atoms with E-state index in [1.54, 1.807) is 0 Å². The Hall–Kier alpha value is -0.900. The first-order valence-corrected chi connectivity index (χ1v) is 4.92. The Labute approximate surface area is 82.9 Å². The van der Waals surface area contributed by atoms with Crippen LogP contribution in [0, 0.1) is 17.3 Å². The number of carbonyl (C=O) groups excluding carboxylic acids is 2. The van der Waals surface area contributed by atoms with Gasteiger partial charge in [0, 0.05) is 18.6 Å². The van der Waals surface area contributed by atoms with E-state index in [0.29, 0.717) is 6.54 Å². The first-order valence-electron chi connectivity index (χ1n) is 4.92. The Balaban J connectivity index is 2.06. The summed E-state index contributed by atoms with van der Waals surface area (Å²) in [5.41, 5.74) is -0.387. The molecule has 1 N–H and O–H groups in total. The van der Waals surface area contributed by atoms with Crippen LogP contribution in [0.4, 0.5) is 0 Å². The molecule has 2 fully saturated rings. The van der Waals surface area contributed by atoms with Crippen LogP contribution in [-0.4, -0.2) is 35.0 Å². The number of aliphatic hydroxyl groups excluding tert-OH is 1. The number of amides is 2. The van der Waals surface area contributed by atoms with E-state index in [1.807, 2.05) is 13.8 Å². The lowest BCUT2D eigenvalue weighted by Crippen LogP contribution is -2.41. The zero-order valence-corrected chi connectivity index (χ0v) is 8.49. The van der Waals surface area contributed by atoms with Crippen molar-refractivity contribution in [3.63, 3.8) is 0 Å². The fraction of sp³-hybridized carbons (Fsp3) is 0.800. The van der Waals surface area contributed by atoms with Crippen molar-refractivity contribution in [3.8, 4) is 0 Å². The summed E-state index contributed by atoms with van der Waals surface area (Å²) in [6.45, 7) is 4.02. The minimum Gasteiger partial charge on any atom is -0.396 e. The van der Waals surface area contributed by atoms with Crippen molar-refractivity contribution in [2.45, 2.75) is 20.3 Å². The monoisotopic (exact) mass is 197 g/mol. The molecule has 1 aliphatic carbocycles. The van der Waals surface area contributed by atoms with Gasteiger partial charge in [0.1, 0.15) is 0 Å². The summed E-state index contributed by atoms with van der Waals surface area (Å²) >= 11 is 0. The molecule has 2 atom stereocenters. The Kier molecular flexibility index (Phi) is 1.93. The van der Waals surface area contributed by atoms with Crippen LogP contribution < -0.4 is 0 Å². The Morgan fingerprint density at radius 1 is 1.36 bits per heavy atom. The second-order valence-corrected chi connectivity index (χ2v) is 5.03. The van der Waals surface area contributed by atoms with Crippen molar-refractivity contribution in [2.75, 3.05) is 13.2 Å². The number of hydrogen-bond acceptors (Lipinski definition) is 3. The molecule has 14 heavy (non-hydrogen) atoms. The van der Waals surface area contributed by atoms with Gasteiger partial charge in [0.2, 0.25) is 11.8 Å². The number of hydrogen-bond donors (Lipinski definition) is 1. The second-order valence-electron chi connectivity index (χ2n) is 5.03. The molecule has 0 radical (unpaired) electrons. The number of rotatable bonds is 3. The Bertz CT molecular complexity index is 278. The molecule has 2 aliphatic rings. The highest BCUT2D eigenvalue weighted by atomic mass is 16.3. The van der Waals surface area contributed by atoms with Crippen molar-refractivity contribution in [3.05, 3.63) is 0 Å². The Morgan fingerprint density at radius 2 is 1.86 bits per heavy atom. The molecule has 78 valence electrons. The zero-order valence-electron chi connectivity index (χ0n) is 8.49. The number of aliphatic hydroxyl groups is 1. The van der Waals surface area contributed by atoms with Crippen LogP contribution in [0.15, 0.2) is 0 Å². The highest BCUT2D eigenvalue weighted by molar-refractivity contribution is 6.08. The first kappa shape index (κ1) is 9.65. The number of carbonyl (C=O) groups is 2. The largest absolute Gasteiger partial charge is 0.396 e. The molecule has 2 amide bonds. The van der Waals surface area contributed by atoms with Gasteiger partial charge in [0.15, 0.2) is 0 Å². The maximum Gasteiger partial charge on any atom is 0.233 e. The molecule has 1 aliphatic heterocycles. The van der Waals surface area contributed by atoms with Gasteiger partial charge in [-0.3, -0.25) is 14.5 Å². The molecule has 1 heterocycles. The topological polar surface area (TPSA) is 57.6 Å². The first-order chi connectivity index (χ1) is 6.46. The molecular weight excluding hydrogens is 182 g/mol. The zero-order chi connectivity index (χ0) is 10.5. The van der Waals surface area contributed by atoms with Crippen molar-refractivity contribution in [2.24, 2.45) is 17.3 Å². The summed E-state index contributed by atoms with van der Waals surface area (Å²) in [6, 6.07) is 0. The van der Waals surface area contributed by atoms with E-state index in [1.165, 1.54) is 4.90 Å². The Morgan fingerprint density at radius 3 is 2.29 bits per heavy atom. The molecular formula is C10H15NO3.